The molecule has 0 spiro atoms. The monoisotopic (exact) mass is 182 g/mol. The molecule has 0 aromatic carbocycles. The van der Waals surface area contributed by atoms with E-state index in [1.807, 2.05) is 0 Å². The molecule has 0 N–H and O–H groups in total. The highest BCUT2D eigenvalue weighted by Crippen LogP contribution is 2.18. The summed E-state index contributed by atoms with van der Waals surface area (Å²) in [5.41, 5.74) is 0.331. The highest BCUT2D eigenvalue weighted by Gasteiger charge is 2.08. The lowest BCUT2D eigenvalue weighted by Crippen LogP contribution is -2.09. The van der Waals surface area contributed by atoms with Crippen LogP contribution < -0.4 is 5.06 Å². The number of hydrogen-bond acceptors (Lipinski definition) is 5. The zero-order valence-corrected chi connectivity index (χ0v) is 7.22. The molecule has 13 heavy (non-hydrogen) atoms. The van der Waals surface area contributed by atoms with Crippen LogP contribution in [0.4, 0.5) is 11.5 Å². The van der Waals surface area contributed by atoms with Crippen molar-refractivity contribution in [3.05, 3.63) is 33.1 Å². The van der Waals surface area contributed by atoms with Crippen LogP contribution in [-0.4, -0.2) is 17.0 Å². The minimum Gasteiger partial charge on any atom is -0.757 e. The molecule has 1 rings (SSSR count). The van der Waals surface area contributed by atoms with E-state index in [0.29, 0.717) is 10.8 Å². The zero-order chi connectivity index (χ0) is 10.0. The molecule has 0 unspecified atom stereocenters. The molecule has 6 heteroatoms. The number of rotatable bonds is 2. The highest BCUT2D eigenvalue weighted by atomic mass is 16.6. The van der Waals surface area contributed by atoms with Gasteiger partial charge in [0.25, 0.3) is 5.69 Å². The van der Waals surface area contributed by atoms with Crippen LogP contribution in [0, 0.1) is 22.2 Å². The Morgan fingerprint density at radius 2 is 2.15 bits per heavy atom. The third-order valence-corrected chi connectivity index (χ3v) is 1.46. The fourth-order valence-electron chi connectivity index (χ4n) is 0.900. The van der Waals surface area contributed by atoms with E-state index in [-0.39, 0.29) is 11.5 Å². The van der Waals surface area contributed by atoms with Gasteiger partial charge in [-0.25, -0.2) is 4.98 Å². The summed E-state index contributed by atoms with van der Waals surface area (Å²) >= 11 is 0. The lowest BCUT2D eigenvalue weighted by molar-refractivity contribution is -0.384. The summed E-state index contributed by atoms with van der Waals surface area (Å²) in [7, 11) is 1.24. The smallest absolute Gasteiger partial charge is 0.274 e. The third kappa shape index (κ3) is 2.12. The molecule has 0 radical (unpaired) electrons. The number of nitro groups is 1. The van der Waals surface area contributed by atoms with Gasteiger partial charge in [0.15, 0.2) is 0 Å². The van der Waals surface area contributed by atoms with E-state index in [1.165, 1.54) is 13.1 Å². The molecular formula is C7H8N3O3-. The number of aryl methyl sites for hydroxylation is 1. The van der Waals surface area contributed by atoms with Crippen LogP contribution in [0.3, 0.4) is 0 Å². The maximum Gasteiger partial charge on any atom is 0.274 e. The molecule has 1 aromatic heterocycles. The molecule has 1 aromatic rings. The van der Waals surface area contributed by atoms with Gasteiger partial charge in [0.1, 0.15) is 5.82 Å². The van der Waals surface area contributed by atoms with Gasteiger partial charge in [0, 0.05) is 11.8 Å². The normalized spacial score (nSPS) is 9.77. The van der Waals surface area contributed by atoms with Crippen molar-refractivity contribution in [3.8, 4) is 0 Å². The number of hydrogen-bond donors (Lipinski definition) is 0. The lowest BCUT2D eigenvalue weighted by atomic mass is 10.3. The molecule has 0 aliphatic rings. The van der Waals surface area contributed by atoms with Crippen molar-refractivity contribution in [2.24, 2.45) is 0 Å². The van der Waals surface area contributed by atoms with Crippen LogP contribution >= 0.6 is 0 Å². The molecule has 0 saturated carbocycles. The quantitative estimate of drug-likeness (QED) is 0.507. The Morgan fingerprint density at radius 1 is 1.54 bits per heavy atom. The van der Waals surface area contributed by atoms with Gasteiger partial charge < -0.3 is 10.3 Å². The van der Waals surface area contributed by atoms with E-state index in [4.69, 9.17) is 0 Å². The summed E-state index contributed by atoms with van der Waals surface area (Å²) in [4.78, 5) is 13.7. The standard InChI is InChI=1S/C7H8N3O3/c1-5-3-6(10(12)13)4-7(8-5)9(2)11/h3-4H,1-2H3/q-1. The van der Waals surface area contributed by atoms with Crippen molar-refractivity contribution in [1.82, 2.24) is 4.98 Å². The summed E-state index contributed by atoms with van der Waals surface area (Å²) in [5.74, 6) is 0.0479. The van der Waals surface area contributed by atoms with Crippen molar-refractivity contribution in [2.75, 3.05) is 12.1 Å². The van der Waals surface area contributed by atoms with Crippen molar-refractivity contribution in [3.63, 3.8) is 0 Å². The number of nitrogens with zero attached hydrogens (tertiary/aromatic N) is 3. The molecule has 0 atom stereocenters. The number of hydroxylamine groups is 1. The fraction of sp³-hybridized carbons (Fsp3) is 0.286. The van der Waals surface area contributed by atoms with Crippen LogP contribution in [0.1, 0.15) is 5.69 Å². The van der Waals surface area contributed by atoms with Gasteiger partial charge in [-0.15, -0.1) is 0 Å². The minimum atomic E-state index is -0.554. The molecule has 0 fully saturated rings. The first-order valence-corrected chi connectivity index (χ1v) is 3.54. The van der Waals surface area contributed by atoms with Gasteiger partial charge >= 0.3 is 0 Å². The van der Waals surface area contributed by atoms with Gasteiger partial charge in [-0.2, -0.15) is 0 Å². The van der Waals surface area contributed by atoms with Gasteiger partial charge in [0.2, 0.25) is 0 Å². The van der Waals surface area contributed by atoms with Crippen LogP contribution in [-0.2, 0) is 0 Å². The Bertz CT molecular complexity index is 338. The molecule has 0 saturated heterocycles. The summed E-state index contributed by atoms with van der Waals surface area (Å²) in [5, 5.41) is 21.7. The van der Waals surface area contributed by atoms with E-state index >= 15 is 0 Å². The maximum absolute atomic E-state index is 10.8. The van der Waals surface area contributed by atoms with Gasteiger partial charge in [0.05, 0.1) is 11.0 Å². The molecule has 0 aliphatic carbocycles. The minimum absolute atomic E-state index is 0.0479. The van der Waals surface area contributed by atoms with E-state index in [0.717, 1.165) is 6.07 Å². The highest BCUT2D eigenvalue weighted by molar-refractivity contribution is 5.48. The van der Waals surface area contributed by atoms with Crippen LogP contribution in [0.25, 0.3) is 0 Å². The molecule has 6 nitrogen and oxygen atoms in total. The first-order chi connectivity index (χ1) is 6.00. The Morgan fingerprint density at radius 3 is 2.62 bits per heavy atom. The second-order valence-corrected chi connectivity index (χ2v) is 2.58. The summed E-state index contributed by atoms with van der Waals surface area (Å²) in [6.45, 7) is 1.60. The predicted molar refractivity (Wildman–Crippen MR) is 47.4 cm³/mol. The Labute approximate surface area is 74.5 Å². The van der Waals surface area contributed by atoms with E-state index < -0.39 is 4.92 Å². The molecule has 0 aliphatic heterocycles. The van der Waals surface area contributed by atoms with Crippen LogP contribution in [0.5, 0.6) is 0 Å². The average Bonchev–Trinajstić information content (AvgIpc) is 2.03. The molecule has 0 bridgehead atoms. The lowest BCUT2D eigenvalue weighted by Gasteiger charge is -2.23. The summed E-state index contributed by atoms with van der Waals surface area (Å²) in [6.07, 6.45) is 0. The van der Waals surface area contributed by atoms with Gasteiger partial charge in [-0.1, -0.05) is 0 Å². The first kappa shape index (κ1) is 9.40. The average molecular weight is 182 g/mol. The second kappa shape index (κ2) is 3.36. The second-order valence-electron chi connectivity index (χ2n) is 2.58. The van der Waals surface area contributed by atoms with Gasteiger partial charge in [-0.05, 0) is 14.0 Å². The van der Waals surface area contributed by atoms with Gasteiger partial charge in [-0.3, -0.25) is 10.1 Å². The van der Waals surface area contributed by atoms with E-state index in [1.54, 1.807) is 6.92 Å². The largest absolute Gasteiger partial charge is 0.757 e. The molecule has 0 amide bonds. The maximum atomic E-state index is 10.8. The Kier molecular flexibility index (Phi) is 2.43. The molecular weight excluding hydrogens is 174 g/mol. The van der Waals surface area contributed by atoms with Crippen molar-refractivity contribution in [1.29, 1.82) is 0 Å². The Hall–Kier alpha value is -1.69. The predicted octanol–water partition coefficient (Wildman–Crippen LogP) is 1.23. The Balaban J connectivity index is 3.19. The summed E-state index contributed by atoms with van der Waals surface area (Å²) in [6, 6.07) is 2.45. The summed E-state index contributed by atoms with van der Waals surface area (Å²) < 4.78 is 0. The zero-order valence-electron chi connectivity index (χ0n) is 7.22. The van der Waals surface area contributed by atoms with E-state index in [9.17, 15) is 15.3 Å². The third-order valence-electron chi connectivity index (χ3n) is 1.46. The molecule has 70 valence electrons. The fourth-order valence-corrected chi connectivity index (χ4v) is 0.900. The first-order valence-electron chi connectivity index (χ1n) is 3.54. The van der Waals surface area contributed by atoms with Crippen LogP contribution in [0.2, 0.25) is 0 Å². The van der Waals surface area contributed by atoms with Crippen molar-refractivity contribution >= 4 is 11.5 Å². The molecule has 1 heterocycles. The number of pyridine rings is 1. The van der Waals surface area contributed by atoms with E-state index in [2.05, 4.69) is 4.98 Å². The SMILES string of the molecule is Cc1cc([N+](=O)[O-])cc(N(C)[O-])n1. The van der Waals surface area contributed by atoms with Crippen molar-refractivity contribution < 1.29 is 4.92 Å². The topological polar surface area (TPSA) is 82.3 Å². The van der Waals surface area contributed by atoms with Crippen LogP contribution in [0.15, 0.2) is 12.1 Å². The number of anilines is 1. The van der Waals surface area contributed by atoms with Crippen molar-refractivity contribution in [2.45, 2.75) is 6.92 Å². The number of aromatic nitrogens is 1.